The van der Waals surface area contributed by atoms with E-state index in [4.69, 9.17) is 4.74 Å². The third-order valence-electron chi connectivity index (χ3n) is 3.67. The summed E-state index contributed by atoms with van der Waals surface area (Å²) >= 11 is 0. The van der Waals surface area contributed by atoms with Crippen molar-refractivity contribution in [2.45, 2.75) is 39.0 Å². The SMILES string of the molecule is CCCc1cc(NCC2(CCOC)CC2)ncn1. The first-order chi connectivity index (χ1) is 8.78. The van der Waals surface area contributed by atoms with Crippen molar-refractivity contribution in [1.29, 1.82) is 0 Å². The number of nitrogens with one attached hydrogen (secondary N) is 1. The quantitative estimate of drug-likeness (QED) is 0.769. The van der Waals surface area contributed by atoms with Crippen molar-refractivity contribution in [3.63, 3.8) is 0 Å². The van der Waals surface area contributed by atoms with Crippen molar-refractivity contribution in [2.24, 2.45) is 5.41 Å². The van der Waals surface area contributed by atoms with Gasteiger partial charge < -0.3 is 10.1 Å². The van der Waals surface area contributed by atoms with E-state index in [9.17, 15) is 0 Å². The number of rotatable bonds is 8. The standard InChI is InChI=1S/C14H23N3O/c1-3-4-12-9-13(17-11-16-12)15-10-14(5-6-14)7-8-18-2/h9,11H,3-8,10H2,1-2H3,(H,15,16,17). The van der Waals surface area contributed by atoms with Gasteiger partial charge in [-0.05, 0) is 31.1 Å². The van der Waals surface area contributed by atoms with Crippen LogP contribution in [-0.4, -0.2) is 30.2 Å². The van der Waals surface area contributed by atoms with Gasteiger partial charge in [-0.2, -0.15) is 0 Å². The molecule has 1 aromatic rings. The predicted molar refractivity (Wildman–Crippen MR) is 72.7 cm³/mol. The lowest BCUT2D eigenvalue weighted by molar-refractivity contribution is 0.175. The number of anilines is 1. The fraction of sp³-hybridized carbons (Fsp3) is 0.714. The molecule has 1 aromatic heterocycles. The van der Waals surface area contributed by atoms with Crippen LogP contribution in [-0.2, 0) is 11.2 Å². The maximum absolute atomic E-state index is 5.17. The van der Waals surface area contributed by atoms with Gasteiger partial charge in [0.05, 0.1) is 0 Å². The molecule has 0 aromatic carbocycles. The summed E-state index contributed by atoms with van der Waals surface area (Å²) < 4.78 is 5.17. The van der Waals surface area contributed by atoms with E-state index in [2.05, 4.69) is 28.3 Å². The summed E-state index contributed by atoms with van der Waals surface area (Å²) in [4.78, 5) is 8.55. The summed E-state index contributed by atoms with van der Waals surface area (Å²) in [5.74, 6) is 0.956. The van der Waals surface area contributed by atoms with Gasteiger partial charge in [0.15, 0.2) is 0 Å². The summed E-state index contributed by atoms with van der Waals surface area (Å²) in [6, 6.07) is 2.07. The molecule has 1 fully saturated rings. The molecule has 4 nitrogen and oxygen atoms in total. The fourth-order valence-electron chi connectivity index (χ4n) is 2.18. The zero-order valence-electron chi connectivity index (χ0n) is 11.4. The summed E-state index contributed by atoms with van der Waals surface area (Å²) in [5, 5.41) is 3.45. The second kappa shape index (κ2) is 6.14. The van der Waals surface area contributed by atoms with E-state index < -0.39 is 0 Å². The summed E-state index contributed by atoms with van der Waals surface area (Å²) in [7, 11) is 1.77. The van der Waals surface area contributed by atoms with Crippen LogP contribution in [0.5, 0.6) is 0 Å². The minimum atomic E-state index is 0.450. The Hall–Kier alpha value is -1.16. The predicted octanol–water partition coefficient (Wildman–Crippen LogP) is 2.66. The third kappa shape index (κ3) is 3.67. The Labute approximate surface area is 109 Å². The molecule has 0 amide bonds. The topological polar surface area (TPSA) is 47.0 Å². The van der Waals surface area contributed by atoms with Crippen LogP contribution in [0.2, 0.25) is 0 Å². The van der Waals surface area contributed by atoms with Crippen LogP contribution in [0.1, 0.15) is 38.3 Å². The van der Waals surface area contributed by atoms with Gasteiger partial charge in [-0.1, -0.05) is 13.3 Å². The average molecular weight is 249 g/mol. The van der Waals surface area contributed by atoms with Gasteiger partial charge in [-0.25, -0.2) is 9.97 Å². The second-order valence-electron chi connectivity index (χ2n) is 5.24. The molecule has 0 aliphatic heterocycles. The van der Waals surface area contributed by atoms with Gasteiger partial charge in [-0.3, -0.25) is 0 Å². The fourth-order valence-corrected chi connectivity index (χ4v) is 2.18. The lowest BCUT2D eigenvalue weighted by Gasteiger charge is -2.16. The first-order valence-electron chi connectivity index (χ1n) is 6.82. The van der Waals surface area contributed by atoms with Crippen LogP contribution in [0.4, 0.5) is 5.82 Å². The van der Waals surface area contributed by atoms with Gasteiger partial charge in [0.1, 0.15) is 12.1 Å². The highest BCUT2D eigenvalue weighted by Gasteiger charge is 2.41. The van der Waals surface area contributed by atoms with Crippen molar-refractivity contribution in [3.05, 3.63) is 18.1 Å². The molecule has 4 heteroatoms. The molecule has 2 rings (SSSR count). The van der Waals surface area contributed by atoms with Gasteiger partial charge in [-0.15, -0.1) is 0 Å². The zero-order valence-corrected chi connectivity index (χ0v) is 11.4. The van der Waals surface area contributed by atoms with Gasteiger partial charge in [0.2, 0.25) is 0 Å². The highest BCUT2D eigenvalue weighted by molar-refractivity contribution is 5.35. The van der Waals surface area contributed by atoms with Crippen molar-refractivity contribution in [3.8, 4) is 0 Å². The molecule has 1 aliphatic carbocycles. The molecule has 0 unspecified atom stereocenters. The number of aryl methyl sites for hydroxylation is 1. The number of methoxy groups -OCH3 is 1. The van der Waals surface area contributed by atoms with Crippen molar-refractivity contribution in [1.82, 2.24) is 9.97 Å². The van der Waals surface area contributed by atoms with Crippen molar-refractivity contribution < 1.29 is 4.74 Å². The number of hydrogen-bond donors (Lipinski definition) is 1. The van der Waals surface area contributed by atoms with E-state index in [1.165, 1.54) is 12.8 Å². The van der Waals surface area contributed by atoms with Crippen molar-refractivity contribution >= 4 is 5.82 Å². The number of ether oxygens (including phenoxy) is 1. The molecular formula is C14H23N3O. The number of hydrogen-bond acceptors (Lipinski definition) is 4. The normalized spacial score (nSPS) is 16.6. The van der Waals surface area contributed by atoms with Gasteiger partial charge in [0, 0.05) is 32.0 Å². The zero-order chi connectivity index (χ0) is 12.8. The lowest BCUT2D eigenvalue weighted by atomic mass is 10.0. The van der Waals surface area contributed by atoms with E-state index in [1.54, 1.807) is 13.4 Å². The van der Waals surface area contributed by atoms with Crippen LogP contribution >= 0.6 is 0 Å². The Bertz CT molecular complexity index is 377. The molecule has 1 heterocycles. The van der Waals surface area contributed by atoms with Crippen LogP contribution < -0.4 is 5.32 Å². The molecule has 0 bridgehead atoms. The summed E-state index contributed by atoms with van der Waals surface area (Å²) in [5.41, 5.74) is 1.57. The Morgan fingerprint density at radius 3 is 2.89 bits per heavy atom. The Balaban J connectivity index is 1.84. The molecule has 1 saturated carbocycles. The molecular weight excluding hydrogens is 226 g/mol. The molecule has 1 aliphatic rings. The monoisotopic (exact) mass is 249 g/mol. The highest BCUT2D eigenvalue weighted by atomic mass is 16.5. The van der Waals surface area contributed by atoms with Crippen LogP contribution in [0.25, 0.3) is 0 Å². The maximum atomic E-state index is 5.17. The Morgan fingerprint density at radius 1 is 1.39 bits per heavy atom. The summed E-state index contributed by atoms with van der Waals surface area (Å²) in [6.45, 7) is 4.02. The van der Waals surface area contributed by atoms with E-state index in [1.807, 2.05) is 0 Å². The number of nitrogens with zero attached hydrogens (tertiary/aromatic N) is 2. The molecule has 100 valence electrons. The van der Waals surface area contributed by atoms with Crippen molar-refractivity contribution in [2.75, 3.05) is 25.6 Å². The third-order valence-corrected chi connectivity index (χ3v) is 3.67. The lowest BCUT2D eigenvalue weighted by Crippen LogP contribution is -2.18. The van der Waals surface area contributed by atoms with Crippen LogP contribution in [0, 0.1) is 5.41 Å². The first-order valence-corrected chi connectivity index (χ1v) is 6.82. The number of aromatic nitrogens is 2. The largest absolute Gasteiger partial charge is 0.385 e. The van der Waals surface area contributed by atoms with E-state index in [0.29, 0.717) is 5.41 Å². The van der Waals surface area contributed by atoms with E-state index in [0.717, 1.165) is 43.9 Å². The molecule has 0 spiro atoms. The molecule has 18 heavy (non-hydrogen) atoms. The first kappa shape index (κ1) is 13.3. The van der Waals surface area contributed by atoms with Crippen LogP contribution in [0.3, 0.4) is 0 Å². The smallest absolute Gasteiger partial charge is 0.129 e. The minimum absolute atomic E-state index is 0.450. The maximum Gasteiger partial charge on any atom is 0.129 e. The van der Waals surface area contributed by atoms with Gasteiger partial charge >= 0.3 is 0 Å². The Morgan fingerprint density at radius 2 is 2.22 bits per heavy atom. The van der Waals surface area contributed by atoms with Crippen LogP contribution in [0.15, 0.2) is 12.4 Å². The van der Waals surface area contributed by atoms with E-state index in [-0.39, 0.29) is 0 Å². The highest BCUT2D eigenvalue weighted by Crippen LogP contribution is 2.48. The van der Waals surface area contributed by atoms with E-state index >= 15 is 0 Å². The second-order valence-corrected chi connectivity index (χ2v) is 5.24. The molecule has 1 N–H and O–H groups in total. The molecule has 0 radical (unpaired) electrons. The van der Waals surface area contributed by atoms with Gasteiger partial charge in [0.25, 0.3) is 0 Å². The molecule has 0 saturated heterocycles. The Kier molecular flexibility index (Phi) is 4.53. The summed E-state index contributed by atoms with van der Waals surface area (Å²) in [6.07, 6.45) is 7.54. The molecule has 0 atom stereocenters. The minimum Gasteiger partial charge on any atom is -0.385 e. The average Bonchev–Trinajstić information content (AvgIpc) is 3.16.